The van der Waals surface area contributed by atoms with Crippen molar-refractivity contribution in [2.45, 2.75) is 39.3 Å². The molecule has 0 radical (unpaired) electrons. The van der Waals surface area contributed by atoms with Crippen LogP contribution >= 0.6 is 0 Å². The smallest absolute Gasteiger partial charge is 0.389 e. The van der Waals surface area contributed by atoms with E-state index < -0.39 is 12.1 Å². The van der Waals surface area contributed by atoms with E-state index >= 15 is 0 Å². The van der Waals surface area contributed by atoms with Crippen molar-refractivity contribution < 1.29 is 19.0 Å². The summed E-state index contributed by atoms with van der Waals surface area (Å²) >= 11 is 0. The van der Waals surface area contributed by atoms with Crippen LogP contribution in [0.3, 0.4) is 0 Å². The number of hydrogen-bond donors (Lipinski definition) is 0. The average Bonchev–Trinajstić information content (AvgIpc) is 2.73. The van der Waals surface area contributed by atoms with E-state index in [0.717, 1.165) is 11.1 Å². The first-order chi connectivity index (χ1) is 10.5. The number of hydrogen-bond acceptors (Lipinski definition) is 4. The van der Waals surface area contributed by atoms with E-state index in [1.807, 2.05) is 57.2 Å². The number of carbonyl (C=O) groups excluding carboxylic acids is 1. The molecule has 1 saturated heterocycles. The van der Waals surface area contributed by atoms with E-state index in [-0.39, 0.29) is 6.04 Å². The summed E-state index contributed by atoms with van der Waals surface area (Å²) in [6.45, 7) is 6.56. The van der Waals surface area contributed by atoms with Crippen molar-refractivity contribution in [1.29, 1.82) is 0 Å². The molecule has 0 bridgehead atoms. The van der Waals surface area contributed by atoms with Crippen LogP contribution in [0.1, 0.15) is 25.0 Å². The molecule has 1 aliphatic rings. The number of benzene rings is 1. The monoisotopic (exact) mass is 305 g/mol. The minimum Gasteiger partial charge on any atom is -0.389 e. The lowest BCUT2D eigenvalue weighted by Crippen LogP contribution is -2.47. The minimum atomic E-state index is -1.36. The van der Waals surface area contributed by atoms with E-state index in [2.05, 4.69) is 0 Å². The van der Waals surface area contributed by atoms with Gasteiger partial charge in [-0.2, -0.15) is 0 Å². The van der Waals surface area contributed by atoms with E-state index in [1.165, 1.54) is 7.11 Å². The molecule has 5 heteroatoms. The van der Waals surface area contributed by atoms with Crippen molar-refractivity contribution in [2.24, 2.45) is 0 Å². The number of rotatable bonds is 6. The van der Waals surface area contributed by atoms with Gasteiger partial charge < -0.3 is 14.2 Å². The molecule has 2 atom stereocenters. The van der Waals surface area contributed by atoms with Gasteiger partial charge in [0.1, 0.15) is 6.04 Å². The Hall–Kier alpha value is -1.85. The lowest BCUT2D eigenvalue weighted by atomic mass is 10.1. The first-order valence-corrected chi connectivity index (χ1v) is 7.38. The largest absolute Gasteiger partial charge is 0.415 e. The van der Waals surface area contributed by atoms with Crippen LogP contribution in [0.2, 0.25) is 0 Å². The highest BCUT2D eigenvalue weighted by Gasteiger charge is 2.54. The Balaban J connectivity index is 2.14. The number of cyclic esters (lactones) is 1. The van der Waals surface area contributed by atoms with Crippen molar-refractivity contribution in [2.75, 3.05) is 13.7 Å². The average molecular weight is 305 g/mol. The highest BCUT2D eigenvalue weighted by Crippen LogP contribution is 2.33. The molecule has 2 rings (SSSR count). The van der Waals surface area contributed by atoms with Crippen molar-refractivity contribution >= 4 is 6.09 Å². The van der Waals surface area contributed by atoms with E-state index in [9.17, 15) is 4.79 Å². The van der Waals surface area contributed by atoms with Gasteiger partial charge in [-0.3, -0.25) is 4.90 Å². The van der Waals surface area contributed by atoms with Gasteiger partial charge in [0.15, 0.2) is 0 Å². The SMILES string of the molecule is C/C=C/COC1(OC)OC(=O)N(Cc2cccc(C)c2)C1C. The third-order valence-electron chi connectivity index (χ3n) is 3.78. The predicted octanol–water partition coefficient (Wildman–Crippen LogP) is 3.23. The summed E-state index contributed by atoms with van der Waals surface area (Å²) < 4.78 is 16.4. The van der Waals surface area contributed by atoms with Crippen LogP contribution in [0.25, 0.3) is 0 Å². The molecule has 1 amide bonds. The lowest BCUT2D eigenvalue weighted by molar-refractivity contribution is -0.337. The first-order valence-electron chi connectivity index (χ1n) is 7.38. The Labute approximate surface area is 131 Å². The number of nitrogens with zero attached hydrogens (tertiary/aromatic N) is 1. The Bertz CT molecular complexity index is 557. The molecule has 1 aliphatic heterocycles. The third-order valence-corrected chi connectivity index (χ3v) is 3.78. The van der Waals surface area contributed by atoms with Crippen LogP contribution in [0.5, 0.6) is 0 Å². The number of carbonyl (C=O) groups is 1. The summed E-state index contributed by atoms with van der Waals surface area (Å²) in [6.07, 6.45) is 3.27. The van der Waals surface area contributed by atoms with Crippen LogP contribution in [0.4, 0.5) is 4.79 Å². The molecule has 5 nitrogen and oxygen atoms in total. The fraction of sp³-hybridized carbons (Fsp3) is 0.471. The zero-order valence-corrected chi connectivity index (χ0v) is 13.5. The second-order valence-corrected chi connectivity index (χ2v) is 5.35. The fourth-order valence-corrected chi connectivity index (χ4v) is 2.50. The molecule has 1 aromatic carbocycles. The molecule has 120 valence electrons. The second kappa shape index (κ2) is 6.94. The molecule has 2 unspecified atom stereocenters. The maximum absolute atomic E-state index is 12.2. The number of aryl methyl sites for hydroxylation is 1. The number of amides is 1. The first kappa shape index (κ1) is 16.5. The van der Waals surface area contributed by atoms with Gasteiger partial charge in [0.05, 0.1) is 6.61 Å². The van der Waals surface area contributed by atoms with Gasteiger partial charge in [0, 0.05) is 13.7 Å². The maximum Gasteiger partial charge on any atom is 0.415 e. The number of methoxy groups -OCH3 is 1. The van der Waals surface area contributed by atoms with Crippen molar-refractivity contribution in [3.63, 3.8) is 0 Å². The predicted molar refractivity (Wildman–Crippen MR) is 83.2 cm³/mol. The zero-order chi connectivity index (χ0) is 16.2. The van der Waals surface area contributed by atoms with E-state index in [4.69, 9.17) is 14.2 Å². The Kier molecular flexibility index (Phi) is 5.21. The second-order valence-electron chi connectivity index (χ2n) is 5.35. The Morgan fingerprint density at radius 1 is 1.45 bits per heavy atom. The normalized spacial score (nSPS) is 25.0. The molecule has 0 aromatic heterocycles. The van der Waals surface area contributed by atoms with Gasteiger partial charge in [0.2, 0.25) is 0 Å². The summed E-state index contributed by atoms with van der Waals surface area (Å²) in [5, 5.41) is 0. The van der Waals surface area contributed by atoms with Crippen molar-refractivity contribution in [1.82, 2.24) is 4.90 Å². The molecule has 1 fully saturated rings. The fourth-order valence-electron chi connectivity index (χ4n) is 2.50. The van der Waals surface area contributed by atoms with Gasteiger partial charge in [0.25, 0.3) is 0 Å². The van der Waals surface area contributed by atoms with Crippen LogP contribution < -0.4 is 0 Å². The van der Waals surface area contributed by atoms with Crippen LogP contribution in [-0.4, -0.2) is 36.7 Å². The highest BCUT2D eigenvalue weighted by atomic mass is 16.9. The van der Waals surface area contributed by atoms with Crippen LogP contribution in [0.15, 0.2) is 36.4 Å². The van der Waals surface area contributed by atoms with Gasteiger partial charge in [-0.25, -0.2) is 4.79 Å². The molecule has 0 aliphatic carbocycles. The Morgan fingerprint density at radius 3 is 2.86 bits per heavy atom. The summed E-state index contributed by atoms with van der Waals surface area (Å²) in [5.41, 5.74) is 2.20. The molecule has 0 saturated carbocycles. The van der Waals surface area contributed by atoms with Crippen LogP contribution in [0, 0.1) is 6.92 Å². The summed E-state index contributed by atoms with van der Waals surface area (Å²) in [5.74, 6) is -1.36. The molecule has 0 spiro atoms. The molecular weight excluding hydrogens is 282 g/mol. The number of ether oxygens (including phenoxy) is 3. The standard InChI is InChI=1S/C17H23NO4/c1-5-6-10-21-17(20-4)14(3)18(16(19)22-17)12-15-9-7-8-13(2)11-15/h5-9,11,14H,10,12H2,1-4H3/b6-5+. The highest BCUT2D eigenvalue weighted by molar-refractivity contribution is 5.71. The molecule has 22 heavy (non-hydrogen) atoms. The third kappa shape index (κ3) is 3.31. The molecular formula is C17H23NO4. The maximum atomic E-state index is 12.2. The molecule has 0 N–H and O–H groups in total. The van der Waals surface area contributed by atoms with E-state index in [1.54, 1.807) is 4.90 Å². The van der Waals surface area contributed by atoms with E-state index in [0.29, 0.717) is 13.2 Å². The van der Waals surface area contributed by atoms with Crippen molar-refractivity contribution in [3.05, 3.63) is 47.5 Å². The minimum absolute atomic E-state index is 0.320. The molecule has 1 heterocycles. The van der Waals surface area contributed by atoms with Crippen LogP contribution in [-0.2, 0) is 20.8 Å². The Morgan fingerprint density at radius 2 is 2.23 bits per heavy atom. The summed E-state index contributed by atoms with van der Waals surface area (Å²) in [6, 6.07) is 7.68. The van der Waals surface area contributed by atoms with Gasteiger partial charge in [-0.05, 0) is 26.3 Å². The summed E-state index contributed by atoms with van der Waals surface area (Å²) in [7, 11) is 1.48. The lowest BCUT2D eigenvalue weighted by Gasteiger charge is -2.30. The quantitative estimate of drug-likeness (QED) is 0.598. The molecule has 1 aromatic rings. The summed E-state index contributed by atoms with van der Waals surface area (Å²) in [4.78, 5) is 13.8. The topological polar surface area (TPSA) is 48.0 Å². The van der Waals surface area contributed by atoms with Gasteiger partial charge >= 0.3 is 12.1 Å². The zero-order valence-electron chi connectivity index (χ0n) is 13.5. The van der Waals surface area contributed by atoms with Gasteiger partial charge in [-0.15, -0.1) is 0 Å². The van der Waals surface area contributed by atoms with Gasteiger partial charge in [-0.1, -0.05) is 42.0 Å². The van der Waals surface area contributed by atoms with Crippen molar-refractivity contribution in [3.8, 4) is 0 Å². The number of allylic oxidation sites excluding steroid dienone is 1.